The van der Waals surface area contributed by atoms with E-state index in [1.165, 1.54) is 23.1 Å². The monoisotopic (exact) mass is 548 g/mol. The number of rotatable bonds is 11. The second-order valence-corrected chi connectivity index (χ2v) is 9.36. The number of nitrogens with zero attached hydrogens (tertiary/aromatic N) is 1. The summed E-state index contributed by atoms with van der Waals surface area (Å²) in [5, 5.41) is 8.14. The van der Waals surface area contributed by atoms with Crippen LogP contribution in [0.25, 0.3) is 0 Å². The van der Waals surface area contributed by atoms with Crippen LogP contribution in [-0.2, 0) is 24.6 Å². The molecule has 0 bridgehead atoms. The van der Waals surface area contributed by atoms with Gasteiger partial charge in [0.1, 0.15) is 5.82 Å². The SMILES string of the molecule is CCOC(CN1C(=O)[C@@](CC(=O)Nc2ccc(C)cc2)(NC(=O)Nc2cccc(F)c2)c2ccccc21)OCC. The number of para-hydroxylation sites is 1. The van der Waals surface area contributed by atoms with Gasteiger partial charge in [-0.2, -0.15) is 0 Å². The van der Waals surface area contributed by atoms with Gasteiger partial charge in [0.15, 0.2) is 11.8 Å². The highest BCUT2D eigenvalue weighted by Gasteiger charge is 2.53. The number of halogens is 1. The van der Waals surface area contributed by atoms with Crippen molar-refractivity contribution < 1.29 is 28.2 Å². The zero-order valence-corrected chi connectivity index (χ0v) is 22.7. The molecule has 40 heavy (non-hydrogen) atoms. The summed E-state index contributed by atoms with van der Waals surface area (Å²) in [5.41, 5.74) is 0.981. The summed E-state index contributed by atoms with van der Waals surface area (Å²) in [6.45, 7) is 6.36. The van der Waals surface area contributed by atoms with Crippen molar-refractivity contribution in [3.63, 3.8) is 0 Å². The first-order valence-electron chi connectivity index (χ1n) is 13.1. The van der Waals surface area contributed by atoms with Crippen LogP contribution in [0, 0.1) is 12.7 Å². The number of hydrogen-bond donors (Lipinski definition) is 3. The van der Waals surface area contributed by atoms with E-state index >= 15 is 0 Å². The van der Waals surface area contributed by atoms with Crippen LogP contribution in [0.1, 0.15) is 31.4 Å². The molecule has 3 aromatic rings. The summed E-state index contributed by atoms with van der Waals surface area (Å²) in [5.74, 6) is -1.53. The third-order valence-electron chi connectivity index (χ3n) is 6.47. The molecule has 1 aliphatic rings. The fourth-order valence-corrected chi connectivity index (χ4v) is 4.72. The molecule has 0 saturated carbocycles. The van der Waals surface area contributed by atoms with E-state index in [0.717, 1.165) is 11.6 Å². The Hall–Kier alpha value is -4.28. The Balaban J connectivity index is 1.69. The lowest BCUT2D eigenvalue weighted by Crippen LogP contribution is -2.56. The van der Waals surface area contributed by atoms with Gasteiger partial charge in [-0.25, -0.2) is 9.18 Å². The Labute approximate surface area is 232 Å². The van der Waals surface area contributed by atoms with E-state index in [4.69, 9.17) is 9.47 Å². The first kappa shape index (κ1) is 28.7. The second-order valence-electron chi connectivity index (χ2n) is 9.36. The average molecular weight is 549 g/mol. The molecule has 210 valence electrons. The molecule has 10 heteroatoms. The first-order chi connectivity index (χ1) is 19.3. The molecule has 0 radical (unpaired) electrons. The molecular formula is C30H33FN4O5. The van der Waals surface area contributed by atoms with Gasteiger partial charge in [-0.05, 0) is 57.2 Å². The molecule has 0 aliphatic carbocycles. The molecular weight excluding hydrogens is 515 g/mol. The van der Waals surface area contributed by atoms with Gasteiger partial charge < -0.3 is 30.3 Å². The van der Waals surface area contributed by atoms with E-state index in [2.05, 4.69) is 16.0 Å². The highest BCUT2D eigenvalue weighted by Crippen LogP contribution is 2.43. The number of fused-ring (bicyclic) bond motifs is 1. The summed E-state index contributed by atoms with van der Waals surface area (Å²) >= 11 is 0. The van der Waals surface area contributed by atoms with Crippen molar-refractivity contribution in [1.29, 1.82) is 0 Å². The van der Waals surface area contributed by atoms with Crippen LogP contribution in [0.3, 0.4) is 0 Å². The maximum absolute atomic E-state index is 14.2. The molecule has 0 aromatic heterocycles. The number of nitrogens with one attached hydrogen (secondary N) is 3. The lowest BCUT2D eigenvalue weighted by atomic mass is 9.87. The molecule has 0 unspecified atom stereocenters. The molecule has 3 aromatic carbocycles. The number of carbonyl (C=O) groups is 3. The minimum Gasteiger partial charge on any atom is -0.351 e. The van der Waals surface area contributed by atoms with E-state index in [1.54, 1.807) is 36.4 Å². The van der Waals surface area contributed by atoms with Crippen LogP contribution in [-0.4, -0.2) is 43.9 Å². The largest absolute Gasteiger partial charge is 0.351 e. The Morgan fingerprint density at radius 2 is 1.62 bits per heavy atom. The van der Waals surface area contributed by atoms with Crippen molar-refractivity contribution in [3.8, 4) is 0 Å². The van der Waals surface area contributed by atoms with Crippen LogP contribution in [0.4, 0.5) is 26.2 Å². The number of urea groups is 1. The van der Waals surface area contributed by atoms with Crippen molar-refractivity contribution in [2.24, 2.45) is 0 Å². The van der Waals surface area contributed by atoms with Crippen molar-refractivity contribution >= 4 is 34.9 Å². The van der Waals surface area contributed by atoms with Gasteiger partial charge in [0.2, 0.25) is 5.91 Å². The average Bonchev–Trinajstić information content (AvgIpc) is 3.13. The third kappa shape index (κ3) is 6.47. The highest BCUT2D eigenvalue weighted by atomic mass is 19.1. The van der Waals surface area contributed by atoms with Crippen molar-refractivity contribution in [2.45, 2.75) is 39.0 Å². The Morgan fingerprint density at radius 1 is 0.925 bits per heavy atom. The minimum absolute atomic E-state index is 0.0477. The highest BCUT2D eigenvalue weighted by molar-refractivity contribution is 6.12. The van der Waals surface area contributed by atoms with Gasteiger partial charge in [0.05, 0.1) is 18.7 Å². The first-order valence-corrected chi connectivity index (χ1v) is 13.1. The fourth-order valence-electron chi connectivity index (χ4n) is 4.72. The zero-order chi connectivity index (χ0) is 28.7. The summed E-state index contributed by atoms with van der Waals surface area (Å²) in [6, 6.07) is 18.8. The number of hydrogen-bond acceptors (Lipinski definition) is 5. The molecule has 4 rings (SSSR count). The second kappa shape index (κ2) is 12.7. The van der Waals surface area contributed by atoms with Crippen LogP contribution in [0.5, 0.6) is 0 Å². The summed E-state index contributed by atoms with van der Waals surface area (Å²) in [6.07, 6.45) is -1.11. The van der Waals surface area contributed by atoms with E-state index in [1.807, 2.05) is 32.9 Å². The molecule has 9 nitrogen and oxygen atoms in total. The van der Waals surface area contributed by atoms with Gasteiger partial charge in [-0.3, -0.25) is 9.59 Å². The number of anilines is 3. The molecule has 3 N–H and O–H groups in total. The van der Waals surface area contributed by atoms with Gasteiger partial charge in [-0.1, -0.05) is 42.0 Å². The molecule has 0 fully saturated rings. The van der Waals surface area contributed by atoms with Crippen molar-refractivity contribution in [3.05, 3.63) is 89.7 Å². The molecule has 1 aliphatic heterocycles. The molecule has 1 atom stereocenters. The van der Waals surface area contributed by atoms with Crippen LogP contribution in [0.2, 0.25) is 0 Å². The Bertz CT molecular complexity index is 1360. The lowest BCUT2D eigenvalue weighted by Gasteiger charge is -2.30. The van der Waals surface area contributed by atoms with Crippen molar-refractivity contribution in [2.75, 3.05) is 35.3 Å². The number of carbonyl (C=O) groups excluding carboxylic acids is 3. The smallest absolute Gasteiger partial charge is 0.320 e. The van der Waals surface area contributed by atoms with Crippen LogP contribution in [0.15, 0.2) is 72.8 Å². The molecule has 0 saturated heterocycles. The topological polar surface area (TPSA) is 109 Å². The van der Waals surface area contributed by atoms with Gasteiger partial charge in [0.25, 0.3) is 5.91 Å². The molecule has 0 spiro atoms. The van der Waals surface area contributed by atoms with Crippen LogP contribution < -0.4 is 20.9 Å². The van der Waals surface area contributed by atoms with E-state index in [9.17, 15) is 18.8 Å². The minimum atomic E-state index is -1.76. The lowest BCUT2D eigenvalue weighted by molar-refractivity contribution is -0.138. The standard InChI is InChI=1S/C30H33FN4O5/c1-4-39-27(40-5-2)19-35-25-12-7-6-11-24(25)30(28(35)37,18-26(36)32-22-15-13-20(3)14-16-22)34-29(38)33-23-10-8-9-21(31)17-23/h6-17,27H,4-5,18-19H2,1-3H3,(H,32,36)(H2,33,34,38)/t30-/m0/s1. The van der Waals surface area contributed by atoms with Crippen molar-refractivity contribution in [1.82, 2.24) is 5.32 Å². The number of aryl methyl sites for hydroxylation is 1. The third-order valence-corrected chi connectivity index (χ3v) is 6.47. The maximum atomic E-state index is 14.2. The van der Waals surface area contributed by atoms with Gasteiger partial charge in [-0.15, -0.1) is 0 Å². The predicted octanol–water partition coefficient (Wildman–Crippen LogP) is 4.93. The Morgan fingerprint density at radius 3 is 2.30 bits per heavy atom. The number of amides is 4. The summed E-state index contributed by atoms with van der Waals surface area (Å²) in [4.78, 5) is 42.3. The van der Waals surface area contributed by atoms with E-state index in [0.29, 0.717) is 30.2 Å². The fraction of sp³-hybridized carbons (Fsp3) is 0.300. The maximum Gasteiger partial charge on any atom is 0.320 e. The van der Waals surface area contributed by atoms with Gasteiger partial charge >= 0.3 is 6.03 Å². The zero-order valence-electron chi connectivity index (χ0n) is 22.7. The van der Waals surface area contributed by atoms with Gasteiger partial charge in [0, 0.05) is 30.2 Å². The normalized spacial score (nSPS) is 16.1. The molecule has 4 amide bonds. The van der Waals surface area contributed by atoms with E-state index in [-0.39, 0.29) is 12.2 Å². The quantitative estimate of drug-likeness (QED) is 0.295. The van der Waals surface area contributed by atoms with E-state index < -0.39 is 41.9 Å². The number of ether oxygens (including phenoxy) is 2. The molecule has 1 heterocycles. The summed E-state index contributed by atoms with van der Waals surface area (Å²) in [7, 11) is 0. The summed E-state index contributed by atoms with van der Waals surface area (Å²) < 4.78 is 25.1. The predicted molar refractivity (Wildman–Crippen MR) is 150 cm³/mol. The Kier molecular flexibility index (Phi) is 9.13. The van der Waals surface area contributed by atoms with Crippen LogP contribution >= 0.6 is 0 Å². The number of benzene rings is 3.